The first kappa shape index (κ1) is 17.6. The molecule has 140 valence electrons. The number of nitrogens with one attached hydrogen (secondary N) is 1. The van der Waals surface area contributed by atoms with Gasteiger partial charge in [0.15, 0.2) is 5.76 Å². The molecule has 1 saturated carbocycles. The molecule has 0 atom stereocenters. The Morgan fingerprint density at radius 1 is 1.04 bits per heavy atom. The van der Waals surface area contributed by atoms with E-state index in [4.69, 9.17) is 4.42 Å². The minimum Gasteiger partial charge on any atom is -0.461 e. The van der Waals surface area contributed by atoms with Crippen LogP contribution in [0.4, 0.5) is 0 Å². The number of aromatic nitrogens is 1. The summed E-state index contributed by atoms with van der Waals surface area (Å²) in [6, 6.07) is 11.3. The lowest BCUT2D eigenvalue weighted by Crippen LogP contribution is -2.36. The molecule has 0 radical (unpaired) electrons. The number of benzene rings is 1. The number of fused-ring (bicyclic) bond motifs is 1. The fraction of sp³-hybridized carbons (Fsp3) is 0.364. The Hall–Kier alpha value is -2.82. The molecule has 4 rings (SSSR count). The molecule has 0 bridgehead atoms. The maximum atomic E-state index is 12.8. The van der Waals surface area contributed by atoms with Crippen LogP contribution in [-0.4, -0.2) is 22.3 Å². The lowest BCUT2D eigenvalue weighted by molar-refractivity contribution is -0.122. The highest BCUT2D eigenvalue weighted by molar-refractivity contribution is 6.15. The average molecular weight is 364 g/mol. The van der Waals surface area contributed by atoms with Crippen LogP contribution in [0.3, 0.4) is 0 Å². The van der Waals surface area contributed by atoms with Gasteiger partial charge in [0.05, 0.1) is 11.8 Å². The lowest BCUT2D eigenvalue weighted by Gasteiger charge is -2.16. The summed E-state index contributed by atoms with van der Waals surface area (Å²) in [6.45, 7) is 0.211. The van der Waals surface area contributed by atoms with Crippen molar-refractivity contribution >= 4 is 22.6 Å². The third kappa shape index (κ3) is 3.82. The van der Waals surface area contributed by atoms with E-state index in [1.165, 1.54) is 31.9 Å². The molecule has 27 heavy (non-hydrogen) atoms. The third-order valence-corrected chi connectivity index (χ3v) is 5.31. The number of hydrogen-bond donors (Lipinski definition) is 1. The van der Waals surface area contributed by atoms with E-state index in [1.807, 2.05) is 28.8 Å². The fourth-order valence-corrected chi connectivity index (χ4v) is 3.95. The van der Waals surface area contributed by atoms with Gasteiger partial charge in [0.1, 0.15) is 6.54 Å². The molecule has 1 amide bonds. The number of furan rings is 1. The van der Waals surface area contributed by atoms with Crippen LogP contribution in [0.5, 0.6) is 0 Å². The van der Waals surface area contributed by atoms with Gasteiger partial charge in [-0.05, 0) is 31.0 Å². The average Bonchev–Trinajstić information content (AvgIpc) is 3.25. The lowest BCUT2D eigenvalue weighted by atomic mass is 10.1. The molecule has 1 aromatic carbocycles. The van der Waals surface area contributed by atoms with Gasteiger partial charge < -0.3 is 14.3 Å². The monoisotopic (exact) mass is 364 g/mol. The van der Waals surface area contributed by atoms with Crippen LogP contribution in [-0.2, 0) is 11.3 Å². The standard InChI is InChI=1S/C22H24N2O3/c25-21(23-16-8-3-1-2-4-9-16)15-24-14-18(17-10-5-6-11-19(17)24)22(26)20-12-7-13-27-20/h5-7,10-14,16H,1-4,8-9,15H2,(H,23,25). The normalized spacial score (nSPS) is 15.6. The SMILES string of the molecule is O=C(Cn1cc(C(=O)c2ccco2)c2ccccc21)NC1CCCCCC1. The van der Waals surface area contributed by atoms with Crippen LogP contribution < -0.4 is 5.32 Å². The number of ketones is 1. The first-order chi connectivity index (χ1) is 13.2. The van der Waals surface area contributed by atoms with Gasteiger partial charge in [0, 0.05) is 23.1 Å². The summed E-state index contributed by atoms with van der Waals surface area (Å²) in [5.41, 5.74) is 1.44. The first-order valence-electron chi connectivity index (χ1n) is 9.68. The van der Waals surface area contributed by atoms with Crippen molar-refractivity contribution in [3.63, 3.8) is 0 Å². The van der Waals surface area contributed by atoms with Gasteiger partial charge in [-0.1, -0.05) is 43.9 Å². The quantitative estimate of drug-likeness (QED) is 0.542. The van der Waals surface area contributed by atoms with Crippen LogP contribution in [0.15, 0.2) is 53.3 Å². The number of nitrogens with zero attached hydrogens (tertiary/aromatic N) is 1. The van der Waals surface area contributed by atoms with Gasteiger partial charge in [-0.15, -0.1) is 0 Å². The molecular weight excluding hydrogens is 340 g/mol. The Labute approximate surface area is 158 Å². The highest BCUT2D eigenvalue weighted by atomic mass is 16.3. The van der Waals surface area contributed by atoms with Crippen LogP contribution in [0.25, 0.3) is 10.9 Å². The van der Waals surface area contributed by atoms with Gasteiger partial charge in [-0.3, -0.25) is 9.59 Å². The highest BCUT2D eigenvalue weighted by Gasteiger charge is 2.20. The van der Waals surface area contributed by atoms with E-state index in [0.717, 1.165) is 23.7 Å². The van der Waals surface area contributed by atoms with Crippen molar-refractivity contribution in [3.05, 3.63) is 60.2 Å². The molecule has 5 heteroatoms. The van der Waals surface area contributed by atoms with Crippen LogP contribution in [0, 0.1) is 0 Å². The molecule has 2 heterocycles. The summed E-state index contributed by atoms with van der Waals surface area (Å²) in [6.07, 6.45) is 10.2. The second kappa shape index (κ2) is 7.82. The summed E-state index contributed by atoms with van der Waals surface area (Å²) in [7, 11) is 0. The zero-order chi connectivity index (χ0) is 18.6. The molecule has 2 aromatic heterocycles. The van der Waals surface area contributed by atoms with Gasteiger partial charge in [0.2, 0.25) is 11.7 Å². The van der Waals surface area contributed by atoms with Gasteiger partial charge in [0.25, 0.3) is 0 Å². The minimum atomic E-state index is -0.167. The van der Waals surface area contributed by atoms with Crippen LogP contribution >= 0.6 is 0 Å². The fourth-order valence-electron chi connectivity index (χ4n) is 3.95. The molecule has 0 spiro atoms. The number of carbonyl (C=O) groups is 2. The van der Waals surface area contributed by atoms with E-state index in [9.17, 15) is 9.59 Å². The Morgan fingerprint density at radius 3 is 2.56 bits per heavy atom. The molecule has 0 unspecified atom stereocenters. The van der Waals surface area contributed by atoms with Crippen molar-refractivity contribution in [2.45, 2.75) is 51.1 Å². The summed E-state index contributed by atoms with van der Waals surface area (Å²) < 4.78 is 7.12. The van der Waals surface area contributed by atoms with Crippen molar-refractivity contribution < 1.29 is 14.0 Å². The van der Waals surface area contributed by atoms with Crippen molar-refractivity contribution in [1.29, 1.82) is 0 Å². The molecule has 1 fully saturated rings. The largest absolute Gasteiger partial charge is 0.461 e. The molecule has 1 aliphatic rings. The Balaban J connectivity index is 1.56. The predicted octanol–water partition coefficient (Wildman–Crippen LogP) is 4.30. The van der Waals surface area contributed by atoms with Gasteiger partial charge in [-0.2, -0.15) is 0 Å². The van der Waals surface area contributed by atoms with E-state index in [1.54, 1.807) is 18.3 Å². The topological polar surface area (TPSA) is 64.2 Å². The van der Waals surface area contributed by atoms with E-state index in [0.29, 0.717) is 11.3 Å². The zero-order valence-corrected chi connectivity index (χ0v) is 15.3. The maximum Gasteiger partial charge on any atom is 0.240 e. The molecule has 0 aliphatic heterocycles. The first-order valence-corrected chi connectivity index (χ1v) is 9.68. The van der Waals surface area contributed by atoms with Crippen molar-refractivity contribution in [2.75, 3.05) is 0 Å². The van der Waals surface area contributed by atoms with Crippen LogP contribution in [0.1, 0.15) is 54.6 Å². The van der Waals surface area contributed by atoms with Crippen LogP contribution in [0.2, 0.25) is 0 Å². The van der Waals surface area contributed by atoms with E-state index in [2.05, 4.69) is 5.32 Å². The highest BCUT2D eigenvalue weighted by Crippen LogP contribution is 2.24. The summed E-state index contributed by atoms with van der Waals surface area (Å²) in [5.74, 6) is 0.139. The molecule has 3 aromatic rings. The molecule has 1 aliphatic carbocycles. The summed E-state index contributed by atoms with van der Waals surface area (Å²) in [5, 5.41) is 4.01. The Morgan fingerprint density at radius 2 is 1.81 bits per heavy atom. The minimum absolute atomic E-state index is 0.000323. The van der Waals surface area contributed by atoms with Gasteiger partial charge >= 0.3 is 0 Å². The van der Waals surface area contributed by atoms with E-state index >= 15 is 0 Å². The van der Waals surface area contributed by atoms with E-state index < -0.39 is 0 Å². The van der Waals surface area contributed by atoms with Crippen molar-refractivity contribution in [3.8, 4) is 0 Å². The number of amides is 1. The molecular formula is C22H24N2O3. The number of rotatable bonds is 5. The number of para-hydroxylation sites is 1. The second-order valence-corrected chi connectivity index (χ2v) is 7.25. The Kier molecular flexibility index (Phi) is 5.10. The summed E-state index contributed by atoms with van der Waals surface area (Å²) in [4.78, 5) is 25.4. The molecule has 1 N–H and O–H groups in total. The zero-order valence-electron chi connectivity index (χ0n) is 15.3. The van der Waals surface area contributed by atoms with Gasteiger partial charge in [-0.25, -0.2) is 0 Å². The third-order valence-electron chi connectivity index (χ3n) is 5.31. The van der Waals surface area contributed by atoms with E-state index in [-0.39, 0.29) is 24.3 Å². The van der Waals surface area contributed by atoms with Crippen molar-refractivity contribution in [1.82, 2.24) is 9.88 Å². The second-order valence-electron chi connectivity index (χ2n) is 7.25. The number of carbonyl (C=O) groups excluding carboxylic acids is 2. The smallest absolute Gasteiger partial charge is 0.240 e. The number of hydrogen-bond acceptors (Lipinski definition) is 3. The van der Waals surface area contributed by atoms with Crippen molar-refractivity contribution in [2.24, 2.45) is 0 Å². The summed E-state index contributed by atoms with van der Waals surface area (Å²) >= 11 is 0. The predicted molar refractivity (Wildman–Crippen MR) is 104 cm³/mol. The Bertz CT molecular complexity index is 932. The maximum absolute atomic E-state index is 12.8. The molecule has 0 saturated heterocycles. The molecule has 5 nitrogen and oxygen atoms in total.